The van der Waals surface area contributed by atoms with Crippen LogP contribution in [0.4, 0.5) is 5.13 Å². The van der Waals surface area contributed by atoms with Gasteiger partial charge in [-0.2, -0.15) is 0 Å². The molecule has 3 aromatic rings. The van der Waals surface area contributed by atoms with Crippen molar-refractivity contribution in [3.05, 3.63) is 56.4 Å². The van der Waals surface area contributed by atoms with Gasteiger partial charge in [0.05, 0.1) is 10.0 Å². The number of carbonyl (C=O) groups excluding carboxylic acids is 2. The summed E-state index contributed by atoms with van der Waals surface area (Å²) in [5.74, 6) is -3.51. The molecule has 0 spiro atoms. The lowest BCUT2D eigenvalue weighted by Crippen LogP contribution is -2.71. The highest BCUT2D eigenvalue weighted by molar-refractivity contribution is 8.00. The van der Waals surface area contributed by atoms with Crippen LogP contribution in [-0.4, -0.2) is 78.1 Å². The Hall–Kier alpha value is -4.25. The largest absolute Gasteiger partial charge is 0.503 e. The highest BCUT2D eigenvalue weighted by atomic mass is 35.5. The number of rotatable bonds is 8. The molecule has 18 heteroatoms. The molecule has 1 fully saturated rings. The number of nitrogen functional groups attached to an aromatic ring is 1. The molecule has 2 aromatic heterocycles. The molecule has 2 amide bonds. The summed E-state index contributed by atoms with van der Waals surface area (Å²) in [5.41, 5.74) is 6.06. The van der Waals surface area contributed by atoms with Crippen LogP contribution >= 0.6 is 46.3 Å². The predicted octanol–water partition coefficient (Wildman–Crippen LogP) is 2.90. The number of β-lactam (4-membered cyclic amide) rings is 1. The van der Waals surface area contributed by atoms with E-state index in [1.165, 1.54) is 48.5 Å². The van der Waals surface area contributed by atoms with Crippen LogP contribution in [0.3, 0.4) is 0 Å². The first-order valence-electron chi connectivity index (χ1n) is 11.6. The van der Waals surface area contributed by atoms with Crippen LogP contribution in [0.2, 0.25) is 10.0 Å². The van der Waals surface area contributed by atoms with E-state index >= 15 is 0 Å². The number of phenolic OH excluding ortho intramolecular Hbond substituents is 2. The zero-order valence-corrected chi connectivity index (χ0v) is 24.2. The van der Waals surface area contributed by atoms with E-state index < -0.39 is 40.7 Å². The molecular weight excluding hydrogens is 635 g/mol. The van der Waals surface area contributed by atoms with Crippen LogP contribution in [-0.2, 0) is 19.2 Å². The smallest absolute Gasteiger partial charge is 0.352 e. The number of hydrogen-bond acceptors (Lipinski definition) is 13. The van der Waals surface area contributed by atoms with Gasteiger partial charge < -0.3 is 35.7 Å². The second-order valence-electron chi connectivity index (χ2n) is 8.60. The average molecular weight is 653 g/mol. The van der Waals surface area contributed by atoms with Gasteiger partial charge in [-0.25, -0.2) is 9.78 Å². The molecule has 2 aliphatic rings. The zero-order chi connectivity index (χ0) is 30.3. The third-order valence-corrected chi connectivity index (χ3v) is 8.72. The number of nitrogens with one attached hydrogen (secondary N) is 1. The molecule has 0 bridgehead atoms. The molecule has 0 saturated carbocycles. The number of carboxylic acid groups (broad SMARTS) is 1. The van der Waals surface area contributed by atoms with Crippen molar-refractivity contribution in [2.75, 3.05) is 18.6 Å². The van der Waals surface area contributed by atoms with Gasteiger partial charge in [0.1, 0.15) is 35.6 Å². The number of allylic oxidation sites excluding steroid dienone is 1. The van der Waals surface area contributed by atoms with E-state index in [4.69, 9.17) is 38.3 Å². The summed E-state index contributed by atoms with van der Waals surface area (Å²) in [6, 6.07) is 1.74. The van der Waals surface area contributed by atoms with Crippen molar-refractivity contribution >= 4 is 81.0 Å². The van der Waals surface area contributed by atoms with Crippen molar-refractivity contribution in [3.63, 3.8) is 0 Å². The number of oxime groups is 1. The van der Waals surface area contributed by atoms with Crippen LogP contribution in [0.5, 0.6) is 11.5 Å². The Morgan fingerprint density at radius 3 is 2.71 bits per heavy atom. The molecule has 42 heavy (non-hydrogen) atoms. The molecular formula is C24H18Cl2N6O8S2. The highest BCUT2D eigenvalue weighted by Gasteiger charge is 2.54. The highest BCUT2D eigenvalue weighted by Crippen LogP contribution is 2.45. The number of nitrogens with zero attached hydrogens (tertiary/aromatic N) is 4. The normalized spacial score (nSPS) is 18.7. The van der Waals surface area contributed by atoms with Gasteiger partial charge in [-0.1, -0.05) is 39.6 Å². The molecule has 1 saturated heterocycles. The number of anilines is 1. The summed E-state index contributed by atoms with van der Waals surface area (Å²) in [6.45, 7) is 0. The Morgan fingerprint density at radius 2 is 2.05 bits per heavy atom. The van der Waals surface area contributed by atoms with Gasteiger partial charge in [0, 0.05) is 22.8 Å². The van der Waals surface area contributed by atoms with Crippen molar-refractivity contribution in [2.24, 2.45) is 5.16 Å². The van der Waals surface area contributed by atoms with Gasteiger partial charge in [0.2, 0.25) is 0 Å². The minimum absolute atomic E-state index is 0.152. The lowest BCUT2D eigenvalue weighted by atomic mass is 10.0. The van der Waals surface area contributed by atoms with E-state index in [2.05, 4.69) is 20.6 Å². The molecule has 14 nitrogen and oxygen atoms in total. The number of thiazole rings is 1. The van der Waals surface area contributed by atoms with Crippen LogP contribution in [0.25, 0.3) is 17.3 Å². The van der Waals surface area contributed by atoms with Crippen LogP contribution in [0.1, 0.15) is 11.5 Å². The molecule has 2 aliphatic heterocycles. The second kappa shape index (κ2) is 11.6. The Balaban J connectivity index is 1.34. The quantitative estimate of drug-likeness (QED) is 0.103. The number of aromatic hydroxyl groups is 2. The number of carbonyl (C=O) groups is 3. The molecule has 1 aromatic carbocycles. The number of amides is 2. The van der Waals surface area contributed by atoms with E-state index in [-0.39, 0.29) is 55.0 Å². The number of thioether (sulfide) groups is 1. The summed E-state index contributed by atoms with van der Waals surface area (Å²) < 4.78 is 5.27. The molecule has 0 aliphatic carbocycles. The first kappa shape index (κ1) is 29.2. The lowest BCUT2D eigenvalue weighted by Gasteiger charge is -2.49. The van der Waals surface area contributed by atoms with Crippen molar-refractivity contribution in [3.8, 4) is 22.8 Å². The van der Waals surface area contributed by atoms with Crippen molar-refractivity contribution < 1.29 is 39.1 Å². The first-order valence-corrected chi connectivity index (χ1v) is 14.3. The second-order valence-corrected chi connectivity index (χ2v) is 11.4. The number of fused-ring (bicyclic) bond motifs is 1. The van der Waals surface area contributed by atoms with Crippen molar-refractivity contribution in [1.82, 2.24) is 20.4 Å². The third kappa shape index (κ3) is 5.24. The van der Waals surface area contributed by atoms with Gasteiger partial charge in [0.25, 0.3) is 11.8 Å². The van der Waals surface area contributed by atoms with E-state index in [1.807, 2.05) is 0 Å². The molecule has 6 N–H and O–H groups in total. The summed E-state index contributed by atoms with van der Waals surface area (Å²) in [7, 11) is 1.25. The molecule has 218 valence electrons. The Kier molecular flexibility index (Phi) is 8.05. The standard InChI is InChI=1S/C24H18Cl2N6O8S2/c1-39-31-15(13-7-42-24(27)28-13)20(35)29-16-21(36)32-17(23(37)38)8(6-41-22(16)32)2-3-9-4-12(30-40-9)10-5-11(25)18(33)19(34)14(10)26/h2-5,7,16,22,33-34H,6H2,1H3,(H2,27,28)(H,29,35)(H,37,38)/b3-2+,31-15-/t16-,22-/m1/s1. The zero-order valence-electron chi connectivity index (χ0n) is 21.1. The molecule has 5 rings (SSSR count). The van der Waals surface area contributed by atoms with Gasteiger partial charge in [0.15, 0.2) is 28.1 Å². The minimum Gasteiger partial charge on any atom is -0.503 e. The summed E-state index contributed by atoms with van der Waals surface area (Å²) >= 11 is 14.4. The number of aromatic nitrogens is 2. The monoisotopic (exact) mass is 652 g/mol. The molecule has 2 atom stereocenters. The average Bonchev–Trinajstić information content (AvgIpc) is 3.62. The summed E-state index contributed by atoms with van der Waals surface area (Å²) in [4.78, 5) is 48.0. The Morgan fingerprint density at radius 1 is 1.29 bits per heavy atom. The van der Waals surface area contributed by atoms with E-state index in [0.717, 1.165) is 16.2 Å². The first-order chi connectivity index (χ1) is 20.0. The number of aliphatic carboxylic acids is 1. The Labute approximate surface area is 254 Å². The van der Waals surface area contributed by atoms with Crippen LogP contribution in [0, 0.1) is 0 Å². The maximum atomic E-state index is 13.0. The van der Waals surface area contributed by atoms with Gasteiger partial charge in [-0.15, -0.1) is 23.1 Å². The predicted molar refractivity (Wildman–Crippen MR) is 154 cm³/mol. The molecule has 4 heterocycles. The van der Waals surface area contributed by atoms with Crippen molar-refractivity contribution in [1.29, 1.82) is 0 Å². The Bertz CT molecular complexity index is 1720. The molecule has 0 unspecified atom stereocenters. The SMILES string of the molecule is CO/N=C(\C(=O)N[C@@H]1C(=O)N2C(C(=O)O)=C(/C=C/c3cc(-c4cc(Cl)c(O)c(O)c4Cl)no3)CS[C@H]12)c1csc(N)n1. The molecule has 0 radical (unpaired) electrons. The lowest BCUT2D eigenvalue weighted by molar-refractivity contribution is -0.150. The summed E-state index contributed by atoms with van der Waals surface area (Å²) in [5, 5.41) is 40.5. The van der Waals surface area contributed by atoms with E-state index in [0.29, 0.717) is 5.57 Å². The fourth-order valence-electron chi connectivity index (χ4n) is 4.14. The summed E-state index contributed by atoms with van der Waals surface area (Å²) in [6.07, 6.45) is 2.91. The number of halogens is 2. The number of hydrogen-bond donors (Lipinski definition) is 5. The van der Waals surface area contributed by atoms with E-state index in [1.54, 1.807) is 0 Å². The third-order valence-electron chi connectivity index (χ3n) is 6.07. The van der Waals surface area contributed by atoms with Crippen molar-refractivity contribution in [2.45, 2.75) is 11.4 Å². The van der Waals surface area contributed by atoms with Gasteiger partial charge >= 0.3 is 5.97 Å². The van der Waals surface area contributed by atoms with Crippen LogP contribution < -0.4 is 11.1 Å². The van der Waals surface area contributed by atoms with Gasteiger partial charge in [-0.3, -0.25) is 14.5 Å². The van der Waals surface area contributed by atoms with E-state index in [9.17, 15) is 29.7 Å². The topological polar surface area (TPSA) is 214 Å². The van der Waals surface area contributed by atoms with Gasteiger partial charge in [-0.05, 0) is 17.7 Å². The maximum absolute atomic E-state index is 13.0. The number of carboxylic acids is 1. The fourth-order valence-corrected chi connectivity index (χ4v) is 6.45. The number of nitrogens with two attached hydrogens (primary N) is 1. The number of benzene rings is 1. The number of phenols is 2. The fraction of sp³-hybridized carbons (Fsp3) is 0.167. The maximum Gasteiger partial charge on any atom is 0.352 e. The van der Waals surface area contributed by atoms with Crippen LogP contribution in [0.15, 0.2) is 44.5 Å². The minimum atomic E-state index is -1.34.